The number of fused-ring (bicyclic) bond motifs is 1. The van der Waals surface area contributed by atoms with Crippen molar-refractivity contribution in [1.29, 1.82) is 0 Å². The van der Waals surface area contributed by atoms with Gasteiger partial charge < -0.3 is 0 Å². The molecule has 2 heterocycles. The number of carbonyl (C=O) groups is 1. The largest absolute Gasteiger partial charge is 0.297 e. The van der Waals surface area contributed by atoms with Crippen LogP contribution in [-0.2, 0) is 13.0 Å². The fourth-order valence-corrected chi connectivity index (χ4v) is 2.44. The number of hydrogen-bond acceptors (Lipinski definition) is 3. The molecular formula is C13H13ClN4O. The zero-order chi connectivity index (χ0) is 13.2. The minimum Gasteiger partial charge on any atom is -0.297 e. The lowest BCUT2D eigenvalue weighted by Crippen LogP contribution is -2.19. The van der Waals surface area contributed by atoms with Crippen LogP contribution in [0.4, 0.5) is 5.95 Å². The molecule has 0 atom stereocenters. The number of rotatable bonds is 2. The summed E-state index contributed by atoms with van der Waals surface area (Å²) in [5, 5.41) is 11.3. The fourth-order valence-electron chi connectivity index (χ4n) is 2.21. The minimum absolute atomic E-state index is 0.258. The van der Waals surface area contributed by atoms with E-state index >= 15 is 0 Å². The van der Waals surface area contributed by atoms with Gasteiger partial charge in [-0.2, -0.15) is 0 Å². The third-order valence-electron chi connectivity index (χ3n) is 3.20. The van der Waals surface area contributed by atoms with Gasteiger partial charge >= 0.3 is 0 Å². The smallest absolute Gasteiger partial charge is 0.259 e. The molecule has 3 rings (SSSR count). The van der Waals surface area contributed by atoms with Crippen LogP contribution in [0.3, 0.4) is 0 Å². The van der Waals surface area contributed by atoms with Crippen molar-refractivity contribution in [2.45, 2.75) is 25.8 Å². The molecule has 1 aromatic carbocycles. The second-order valence-corrected chi connectivity index (χ2v) is 4.89. The van der Waals surface area contributed by atoms with E-state index in [0.29, 0.717) is 16.5 Å². The first kappa shape index (κ1) is 12.2. The molecule has 1 aliphatic heterocycles. The zero-order valence-electron chi connectivity index (χ0n) is 10.3. The third kappa shape index (κ3) is 2.33. The van der Waals surface area contributed by atoms with Gasteiger partial charge in [0.1, 0.15) is 5.82 Å². The van der Waals surface area contributed by atoms with Crippen LogP contribution < -0.4 is 5.32 Å². The second kappa shape index (κ2) is 5.01. The molecule has 0 bridgehead atoms. The van der Waals surface area contributed by atoms with Crippen LogP contribution in [0.5, 0.6) is 0 Å². The van der Waals surface area contributed by atoms with Gasteiger partial charge in [-0.25, -0.2) is 0 Å². The van der Waals surface area contributed by atoms with E-state index in [4.69, 9.17) is 11.6 Å². The molecule has 2 aromatic rings. The molecule has 0 saturated carbocycles. The predicted octanol–water partition coefficient (Wildman–Crippen LogP) is 2.52. The Morgan fingerprint density at radius 2 is 2.11 bits per heavy atom. The molecule has 0 saturated heterocycles. The number of carbonyl (C=O) groups excluding carboxylic acids is 1. The Kier molecular flexibility index (Phi) is 3.21. The summed E-state index contributed by atoms with van der Waals surface area (Å²) in [7, 11) is 0. The lowest BCUT2D eigenvalue weighted by molar-refractivity contribution is 0.102. The summed E-state index contributed by atoms with van der Waals surface area (Å²) in [5.74, 6) is 1.17. The number of anilines is 1. The molecule has 1 N–H and O–H groups in total. The normalized spacial score (nSPS) is 13.9. The molecule has 0 unspecified atom stereocenters. The first-order valence-electron chi connectivity index (χ1n) is 6.23. The first-order valence-corrected chi connectivity index (χ1v) is 6.61. The molecule has 0 radical (unpaired) electrons. The Morgan fingerprint density at radius 1 is 1.26 bits per heavy atom. The standard InChI is InChI=1S/C13H13ClN4O/c14-10-6-2-1-5-9(10)12(19)15-13-17-16-11-7-3-4-8-18(11)13/h1-2,5-6H,3-4,7-8H2,(H,15,17,19). The van der Waals surface area contributed by atoms with Crippen molar-refractivity contribution in [2.75, 3.05) is 5.32 Å². The van der Waals surface area contributed by atoms with Crippen molar-refractivity contribution in [3.05, 3.63) is 40.7 Å². The molecule has 98 valence electrons. The number of nitrogens with zero attached hydrogens (tertiary/aromatic N) is 3. The van der Waals surface area contributed by atoms with Crippen LogP contribution in [0.1, 0.15) is 29.0 Å². The van der Waals surface area contributed by atoms with Gasteiger partial charge in [0, 0.05) is 13.0 Å². The number of nitrogens with one attached hydrogen (secondary N) is 1. The highest BCUT2D eigenvalue weighted by Gasteiger charge is 2.18. The molecule has 0 aliphatic carbocycles. The number of hydrogen-bond donors (Lipinski definition) is 1. The lowest BCUT2D eigenvalue weighted by Gasteiger charge is -2.14. The van der Waals surface area contributed by atoms with Gasteiger partial charge in [0.15, 0.2) is 0 Å². The van der Waals surface area contributed by atoms with Crippen molar-refractivity contribution in [3.8, 4) is 0 Å². The van der Waals surface area contributed by atoms with E-state index in [0.717, 1.165) is 31.6 Å². The van der Waals surface area contributed by atoms with Gasteiger partial charge in [-0.3, -0.25) is 14.7 Å². The monoisotopic (exact) mass is 276 g/mol. The molecular weight excluding hydrogens is 264 g/mol. The number of halogens is 1. The van der Waals surface area contributed by atoms with Gasteiger partial charge in [0.25, 0.3) is 5.91 Å². The Morgan fingerprint density at radius 3 is 2.95 bits per heavy atom. The predicted molar refractivity (Wildman–Crippen MR) is 72.4 cm³/mol. The van der Waals surface area contributed by atoms with Gasteiger partial charge in [0.2, 0.25) is 5.95 Å². The van der Waals surface area contributed by atoms with Crippen molar-refractivity contribution in [3.63, 3.8) is 0 Å². The summed E-state index contributed by atoms with van der Waals surface area (Å²) in [6.07, 6.45) is 3.12. The highest BCUT2D eigenvalue weighted by Crippen LogP contribution is 2.19. The van der Waals surface area contributed by atoms with E-state index in [1.165, 1.54) is 0 Å². The molecule has 0 spiro atoms. The van der Waals surface area contributed by atoms with E-state index in [9.17, 15) is 4.79 Å². The summed E-state index contributed by atoms with van der Waals surface area (Å²) in [5.41, 5.74) is 0.442. The molecule has 5 nitrogen and oxygen atoms in total. The zero-order valence-corrected chi connectivity index (χ0v) is 11.0. The summed E-state index contributed by atoms with van der Waals surface area (Å²) < 4.78 is 1.96. The van der Waals surface area contributed by atoms with E-state index in [1.54, 1.807) is 24.3 Å². The molecule has 19 heavy (non-hydrogen) atoms. The summed E-state index contributed by atoms with van der Waals surface area (Å²) in [4.78, 5) is 12.1. The third-order valence-corrected chi connectivity index (χ3v) is 3.53. The highest BCUT2D eigenvalue weighted by atomic mass is 35.5. The first-order chi connectivity index (χ1) is 9.25. The average molecular weight is 277 g/mol. The van der Waals surface area contributed by atoms with Crippen molar-refractivity contribution in [1.82, 2.24) is 14.8 Å². The van der Waals surface area contributed by atoms with Gasteiger partial charge in [-0.1, -0.05) is 23.7 Å². The van der Waals surface area contributed by atoms with Crippen molar-refractivity contribution >= 4 is 23.5 Å². The van der Waals surface area contributed by atoms with E-state index < -0.39 is 0 Å². The Bertz CT molecular complexity index is 623. The molecule has 0 fully saturated rings. The fraction of sp³-hybridized carbons (Fsp3) is 0.308. The lowest BCUT2D eigenvalue weighted by atomic mass is 10.2. The highest BCUT2D eigenvalue weighted by molar-refractivity contribution is 6.34. The van der Waals surface area contributed by atoms with E-state index in [2.05, 4.69) is 15.5 Å². The van der Waals surface area contributed by atoms with Crippen LogP contribution >= 0.6 is 11.6 Å². The maximum atomic E-state index is 12.1. The average Bonchev–Trinajstić information content (AvgIpc) is 2.83. The summed E-state index contributed by atoms with van der Waals surface area (Å²) >= 11 is 6.00. The number of benzene rings is 1. The quantitative estimate of drug-likeness (QED) is 0.917. The topological polar surface area (TPSA) is 59.8 Å². The molecule has 6 heteroatoms. The van der Waals surface area contributed by atoms with E-state index in [-0.39, 0.29) is 5.91 Å². The Labute approximate surface area is 115 Å². The van der Waals surface area contributed by atoms with Crippen LogP contribution in [0, 0.1) is 0 Å². The number of amides is 1. The van der Waals surface area contributed by atoms with Gasteiger partial charge in [0.05, 0.1) is 10.6 Å². The Balaban J connectivity index is 1.84. The van der Waals surface area contributed by atoms with E-state index in [1.807, 2.05) is 4.57 Å². The number of aromatic nitrogens is 3. The number of aryl methyl sites for hydroxylation is 1. The van der Waals surface area contributed by atoms with Gasteiger partial charge in [-0.15, -0.1) is 10.2 Å². The van der Waals surface area contributed by atoms with Crippen molar-refractivity contribution < 1.29 is 4.79 Å². The SMILES string of the molecule is O=C(Nc1nnc2n1CCCC2)c1ccccc1Cl. The molecule has 1 amide bonds. The molecule has 1 aromatic heterocycles. The second-order valence-electron chi connectivity index (χ2n) is 4.48. The summed E-state index contributed by atoms with van der Waals surface area (Å²) in [6.45, 7) is 0.848. The van der Waals surface area contributed by atoms with Gasteiger partial charge in [-0.05, 0) is 25.0 Å². The van der Waals surface area contributed by atoms with Crippen LogP contribution in [0.2, 0.25) is 5.02 Å². The summed E-state index contributed by atoms with van der Waals surface area (Å²) in [6, 6.07) is 6.94. The van der Waals surface area contributed by atoms with Crippen LogP contribution in [0.25, 0.3) is 0 Å². The molecule has 1 aliphatic rings. The maximum Gasteiger partial charge on any atom is 0.259 e. The minimum atomic E-state index is -0.258. The van der Waals surface area contributed by atoms with Crippen LogP contribution in [-0.4, -0.2) is 20.7 Å². The Hall–Kier alpha value is -1.88. The van der Waals surface area contributed by atoms with Crippen molar-refractivity contribution in [2.24, 2.45) is 0 Å². The maximum absolute atomic E-state index is 12.1. The van der Waals surface area contributed by atoms with Crippen LogP contribution in [0.15, 0.2) is 24.3 Å².